The van der Waals surface area contributed by atoms with Crippen LogP contribution in [-0.4, -0.2) is 11.1 Å². The molecule has 3 aromatic rings. The van der Waals surface area contributed by atoms with Crippen LogP contribution in [0.4, 0.5) is 5.69 Å². The molecule has 1 aliphatic heterocycles. The molecule has 2 heterocycles. The maximum Gasteiger partial charge on any atom is 0.258 e. The maximum absolute atomic E-state index is 12.2. The van der Waals surface area contributed by atoms with Gasteiger partial charge in [0.1, 0.15) is 0 Å². The van der Waals surface area contributed by atoms with Crippen LogP contribution < -0.4 is 10.9 Å². The van der Waals surface area contributed by atoms with Crippen LogP contribution in [0.15, 0.2) is 53.5 Å². The number of hydrogen-bond acceptors (Lipinski definition) is 2. The second-order valence-electron chi connectivity index (χ2n) is 5.55. The van der Waals surface area contributed by atoms with E-state index in [0.29, 0.717) is 0 Å². The van der Waals surface area contributed by atoms with E-state index in [2.05, 4.69) is 23.5 Å². The number of pyridine rings is 1. The first kappa shape index (κ1) is 12.2. The van der Waals surface area contributed by atoms with Gasteiger partial charge < -0.3 is 9.88 Å². The summed E-state index contributed by atoms with van der Waals surface area (Å²) in [6.07, 6.45) is 3.02. The Morgan fingerprint density at radius 2 is 1.90 bits per heavy atom. The average Bonchev–Trinajstić information content (AvgIpc) is 2.98. The number of anilines is 1. The molecule has 0 aliphatic carbocycles. The van der Waals surface area contributed by atoms with Crippen molar-refractivity contribution in [1.29, 1.82) is 0 Å². The Morgan fingerprint density at radius 3 is 2.76 bits per heavy atom. The molecule has 0 unspecified atom stereocenters. The van der Waals surface area contributed by atoms with Crippen molar-refractivity contribution in [2.75, 3.05) is 11.9 Å². The summed E-state index contributed by atoms with van der Waals surface area (Å²) in [5, 5.41) is 5.20. The molecule has 0 saturated carbocycles. The van der Waals surface area contributed by atoms with Crippen LogP contribution in [0.25, 0.3) is 21.9 Å². The third-order valence-corrected chi connectivity index (χ3v) is 4.22. The van der Waals surface area contributed by atoms with Gasteiger partial charge in [-0.1, -0.05) is 30.3 Å². The van der Waals surface area contributed by atoms with Gasteiger partial charge in [0.2, 0.25) is 0 Å². The number of aryl methyl sites for hydroxylation is 1. The lowest BCUT2D eigenvalue weighted by Crippen LogP contribution is -2.16. The molecule has 0 spiro atoms. The number of nitrogens with zero attached hydrogens (tertiary/aromatic N) is 1. The van der Waals surface area contributed by atoms with Gasteiger partial charge >= 0.3 is 0 Å². The fraction of sp³-hybridized carbons (Fsp3) is 0.167. The molecule has 2 aromatic carbocycles. The van der Waals surface area contributed by atoms with Crippen molar-refractivity contribution >= 4 is 16.5 Å². The Bertz CT molecular complexity index is 909. The van der Waals surface area contributed by atoms with E-state index < -0.39 is 0 Å². The van der Waals surface area contributed by atoms with E-state index >= 15 is 0 Å². The van der Waals surface area contributed by atoms with Crippen LogP contribution in [0.2, 0.25) is 0 Å². The summed E-state index contributed by atoms with van der Waals surface area (Å²) in [4.78, 5) is 12.2. The van der Waals surface area contributed by atoms with Crippen molar-refractivity contribution in [2.45, 2.75) is 6.42 Å². The minimum atomic E-state index is 0.0497. The highest BCUT2D eigenvalue weighted by molar-refractivity contribution is 5.96. The van der Waals surface area contributed by atoms with Crippen LogP contribution in [0, 0.1) is 0 Å². The zero-order valence-electron chi connectivity index (χ0n) is 11.9. The monoisotopic (exact) mass is 276 g/mol. The highest BCUT2D eigenvalue weighted by Gasteiger charge is 2.13. The van der Waals surface area contributed by atoms with Gasteiger partial charge in [0.05, 0.1) is 0 Å². The topological polar surface area (TPSA) is 34.0 Å². The Morgan fingerprint density at radius 1 is 1.10 bits per heavy atom. The van der Waals surface area contributed by atoms with Crippen molar-refractivity contribution in [1.82, 2.24) is 4.57 Å². The lowest BCUT2D eigenvalue weighted by Gasteiger charge is -2.11. The minimum Gasteiger partial charge on any atom is -0.384 e. The molecule has 0 fully saturated rings. The first-order valence-electron chi connectivity index (χ1n) is 7.19. The first-order chi connectivity index (χ1) is 10.2. The van der Waals surface area contributed by atoms with Crippen molar-refractivity contribution in [3.8, 4) is 11.1 Å². The molecule has 0 bridgehead atoms. The van der Waals surface area contributed by atoms with E-state index in [1.54, 1.807) is 4.57 Å². The maximum atomic E-state index is 12.2. The molecule has 21 heavy (non-hydrogen) atoms. The molecule has 1 N–H and O–H groups in total. The second kappa shape index (κ2) is 4.48. The third-order valence-electron chi connectivity index (χ3n) is 4.22. The average molecular weight is 276 g/mol. The van der Waals surface area contributed by atoms with Gasteiger partial charge in [-0.2, -0.15) is 0 Å². The molecule has 0 atom stereocenters. The highest BCUT2D eigenvalue weighted by Crippen LogP contribution is 2.32. The van der Waals surface area contributed by atoms with Crippen LogP contribution >= 0.6 is 0 Å². The fourth-order valence-corrected chi connectivity index (χ4v) is 3.10. The van der Waals surface area contributed by atoms with E-state index in [0.717, 1.165) is 34.9 Å². The summed E-state index contributed by atoms with van der Waals surface area (Å²) in [5.41, 5.74) is 4.88. The normalized spacial score (nSPS) is 13.2. The van der Waals surface area contributed by atoms with Gasteiger partial charge in [-0.05, 0) is 35.1 Å². The zero-order valence-corrected chi connectivity index (χ0v) is 11.9. The van der Waals surface area contributed by atoms with Gasteiger partial charge in [-0.3, -0.25) is 4.79 Å². The summed E-state index contributed by atoms with van der Waals surface area (Å²) >= 11 is 0. The van der Waals surface area contributed by atoms with Crippen molar-refractivity contribution in [3.05, 3.63) is 64.6 Å². The van der Waals surface area contributed by atoms with E-state index in [4.69, 9.17) is 0 Å². The largest absolute Gasteiger partial charge is 0.384 e. The van der Waals surface area contributed by atoms with E-state index in [9.17, 15) is 4.79 Å². The quantitative estimate of drug-likeness (QED) is 0.740. The van der Waals surface area contributed by atoms with Crippen LogP contribution in [0.1, 0.15) is 5.56 Å². The molecule has 0 amide bonds. The van der Waals surface area contributed by atoms with E-state index in [1.807, 2.05) is 37.5 Å². The Labute approximate surface area is 122 Å². The van der Waals surface area contributed by atoms with Crippen molar-refractivity contribution in [2.24, 2.45) is 7.05 Å². The number of aromatic nitrogens is 1. The Balaban J connectivity index is 2.03. The number of nitrogens with one attached hydrogen (secondary N) is 1. The Hall–Kier alpha value is -2.55. The van der Waals surface area contributed by atoms with E-state index in [1.165, 1.54) is 11.3 Å². The summed E-state index contributed by atoms with van der Waals surface area (Å²) in [6.45, 7) is 1.01. The molecule has 1 aromatic heterocycles. The van der Waals surface area contributed by atoms with E-state index in [-0.39, 0.29) is 5.56 Å². The zero-order chi connectivity index (χ0) is 14.4. The predicted molar refractivity (Wildman–Crippen MR) is 86.8 cm³/mol. The molecule has 104 valence electrons. The molecular formula is C18H16N2O. The minimum absolute atomic E-state index is 0.0497. The smallest absolute Gasteiger partial charge is 0.258 e. The molecule has 3 heteroatoms. The van der Waals surface area contributed by atoms with Crippen LogP contribution in [-0.2, 0) is 13.5 Å². The van der Waals surface area contributed by atoms with Crippen LogP contribution in [0.3, 0.4) is 0 Å². The number of fused-ring (bicyclic) bond motifs is 2. The summed E-state index contributed by atoms with van der Waals surface area (Å²) in [6, 6.07) is 14.3. The lowest BCUT2D eigenvalue weighted by molar-refractivity contribution is 0.875. The number of benzene rings is 2. The first-order valence-corrected chi connectivity index (χ1v) is 7.19. The summed E-state index contributed by atoms with van der Waals surface area (Å²) in [5.74, 6) is 0. The second-order valence-corrected chi connectivity index (χ2v) is 5.55. The highest BCUT2D eigenvalue weighted by atomic mass is 16.1. The summed E-state index contributed by atoms with van der Waals surface area (Å²) in [7, 11) is 1.81. The number of rotatable bonds is 1. The van der Waals surface area contributed by atoms with Crippen molar-refractivity contribution < 1.29 is 0 Å². The predicted octanol–water partition coefficient (Wildman–Crippen LogP) is 3.17. The molecule has 1 aliphatic rings. The molecule has 4 rings (SSSR count). The van der Waals surface area contributed by atoms with Gasteiger partial charge in [0.15, 0.2) is 0 Å². The molecule has 0 saturated heterocycles. The van der Waals surface area contributed by atoms with Crippen LogP contribution in [0.5, 0.6) is 0 Å². The number of hydrogen-bond donors (Lipinski definition) is 1. The van der Waals surface area contributed by atoms with Gasteiger partial charge in [0, 0.05) is 36.4 Å². The van der Waals surface area contributed by atoms with Crippen molar-refractivity contribution in [3.63, 3.8) is 0 Å². The SMILES string of the molecule is Cn1cc(-c2ccc3c(c2)NCC3)c2ccccc2c1=O. The molecule has 0 radical (unpaired) electrons. The molecule has 3 nitrogen and oxygen atoms in total. The molecular weight excluding hydrogens is 260 g/mol. The van der Waals surface area contributed by atoms with Gasteiger partial charge in [-0.15, -0.1) is 0 Å². The lowest BCUT2D eigenvalue weighted by atomic mass is 9.99. The Kier molecular flexibility index (Phi) is 2.61. The standard InChI is InChI=1S/C18H16N2O/c1-20-11-16(14-4-2-3-5-15(14)18(20)21)13-7-6-12-8-9-19-17(12)10-13/h2-7,10-11,19H,8-9H2,1H3. The summed E-state index contributed by atoms with van der Waals surface area (Å²) < 4.78 is 1.67. The third kappa shape index (κ3) is 1.85. The van der Waals surface area contributed by atoms with Gasteiger partial charge in [0.25, 0.3) is 5.56 Å². The van der Waals surface area contributed by atoms with Gasteiger partial charge in [-0.25, -0.2) is 0 Å². The fourth-order valence-electron chi connectivity index (χ4n) is 3.10.